The number of nitrogens with zero attached hydrogens (tertiary/aromatic N) is 2. The molecule has 0 atom stereocenters. The summed E-state index contributed by atoms with van der Waals surface area (Å²) in [6.07, 6.45) is 1.96. The number of nitriles is 1. The van der Waals surface area contributed by atoms with Gasteiger partial charge in [0.05, 0.1) is 42.6 Å². The fourth-order valence-electron chi connectivity index (χ4n) is 3.19. The lowest BCUT2D eigenvalue weighted by molar-refractivity contribution is 0.205. The Bertz CT molecular complexity index is 1060. The van der Waals surface area contributed by atoms with Crippen LogP contribution in [0.25, 0.3) is 0 Å². The summed E-state index contributed by atoms with van der Waals surface area (Å²) < 4.78 is 17.6. The van der Waals surface area contributed by atoms with Crippen molar-refractivity contribution in [2.24, 2.45) is 0 Å². The number of rotatable bonds is 7. The maximum atomic E-state index is 9.26. The smallest absolute Gasteiger partial charge is 0.137 e. The van der Waals surface area contributed by atoms with Crippen molar-refractivity contribution >= 4 is 15.9 Å². The lowest BCUT2D eigenvalue weighted by Crippen LogP contribution is -2.24. The zero-order valence-electron chi connectivity index (χ0n) is 17.2. The Morgan fingerprint density at radius 2 is 1.87 bits per heavy atom. The minimum atomic E-state index is 0.303. The second kappa shape index (κ2) is 9.55. The molecule has 0 unspecified atom stereocenters. The van der Waals surface area contributed by atoms with Crippen molar-refractivity contribution in [1.29, 1.82) is 5.26 Å². The summed E-state index contributed by atoms with van der Waals surface area (Å²) in [4.78, 5) is 2.09. The van der Waals surface area contributed by atoms with Crippen LogP contribution in [0.2, 0.25) is 0 Å². The van der Waals surface area contributed by atoms with E-state index in [-0.39, 0.29) is 0 Å². The van der Waals surface area contributed by atoms with Crippen LogP contribution in [0.5, 0.6) is 11.5 Å². The number of hydrogen-bond donors (Lipinski definition) is 0. The Labute approximate surface area is 185 Å². The minimum Gasteiger partial charge on any atom is -0.497 e. The van der Waals surface area contributed by atoms with E-state index >= 15 is 0 Å². The molecule has 1 aliphatic rings. The number of ether oxygens (including phenoxy) is 3. The normalized spacial score (nSPS) is 13.6. The fourth-order valence-corrected chi connectivity index (χ4v) is 3.64. The van der Waals surface area contributed by atoms with Gasteiger partial charge in [0, 0.05) is 29.0 Å². The van der Waals surface area contributed by atoms with Gasteiger partial charge in [0.15, 0.2) is 0 Å². The molecule has 0 saturated carbocycles. The van der Waals surface area contributed by atoms with Crippen LogP contribution >= 0.6 is 15.9 Å². The number of hydrogen-bond acceptors (Lipinski definition) is 5. The molecule has 154 valence electrons. The third-order valence-electron chi connectivity index (χ3n) is 4.90. The van der Waals surface area contributed by atoms with Gasteiger partial charge in [0.25, 0.3) is 0 Å². The molecule has 0 aliphatic carbocycles. The molecule has 2 aromatic rings. The molecule has 0 aromatic heterocycles. The summed E-state index contributed by atoms with van der Waals surface area (Å²) in [5.74, 6) is 2.18. The Balaban J connectivity index is 1.78. The molecule has 30 heavy (non-hydrogen) atoms. The standard InChI is InChI=1S/C24H23BrN2O3/c1-16-11-23(30-15-20-8-6-5-7-18(20)13-26)24(25)17(2)27(16)14-19-9-10-21(28-3)12-22(19)29-4/h5-12H,2,14-15H2,1,3-4H3. The SMILES string of the molecule is C=C1C(Br)=C(OCc2ccccc2C#N)C=C(C)N1Cc1ccc(OC)cc1OC. The number of benzene rings is 2. The Kier molecular flexibility index (Phi) is 6.86. The fraction of sp³-hybridized carbons (Fsp3) is 0.208. The molecule has 0 amide bonds. The number of halogens is 1. The van der Waals surface area contributed by atoms with E-state index in [1.807, 2.05) is 49.4 Å². The van der Waals surface area contributed by atoms with Crippen LogP contribution in [0.15, 0.2) is 76.8 Å². The van der Waals surface area contributed by atoms with Gasteiger partial charge in [-0.2, -0.15) is 5.26 Å². The van der Waals surface area contributed by atoms with Crippen LogP contribution < -0.4 is 9.47 Å². The Morgan fingerprint density at radius 3 is 2.57 bits per heavy atom. The van der Waals surface area contributed by atoms with E-state index in [0.717, 1.165) is 38.5 Å². The van der Waals surface area contributed by atoms with E-state index in [2.05, 4.69) is 33.5 Å². The molecule has 3 rings (SSSR count). The lowest BCUT2D eigenvalue weighted by Gasteiger charge is -2.32. The topological polar surface area (TPSA) is 54.7 Å². The van der Waals surface area contributed by atoms with Gasteiger partial charge in [-0.1, -0.05) is 24.8 Å². The summed E-state index contributed by atoms with van der Waals surface area (Å²) in [5, 5.41) is 9.26. The van der Waals surface area contributed by atoms with Gasteiger partial charge < -0.3 is 19.1 Å². The van der Waals surface area contributed by atoms with Gasteiger partial charge in [-0.3, -0.25) is 0 Å². The molecule has 6 heteroatoms. The second-order valence-corrected chi connectivity index (χ2v) is 7.53. The van der Waals surface area contributed by atoms with Crippen molar-refractivity contribution in [3.63, 3.8) is 0 Å². The molecule has 0 fully saturated rings. The molecular formula is C24H23BrN2O3. The Hall–Kier alpha value is -3.17. The average Bonchev–Trinajstić information content (AvgIpc) is 2.78. The first-order valence-corrected chi connectivity index (χ1v) is 10.1. The third-order valence-corrected chi connectivity index (χ3v) is 5.75. The highest BCUT2D eigenvalue weighted by molar-refractivity contribution is 9.12. The van der Waals surface area contributed by atoms with Crippen molar-refractivity contribution in [1.82, 2.24) is 4.90 Å². The lowest BCUT2D eigenvalue weighted by atomic mass is 10.1. The zero-order chi connectivity index (χ0) is 21.7. The van der Waals surface area contributed by atoms with Gasteiger partial charge in [0.1, 0.15) is 23.9 Å². The highest BCUT2D eigenvalue weighted by Gasteiger charge is 2.23. The first-order valence-electron chi connectivity index (χ1n) is 9.35. The van der Waals surface area contributed by atoms with Crippen molar-refractivity contribution in [2.75, 3.05) is 14.2 Å². The van der Waals surface area contributed by atoms with E-state index in [0.29, 0.717) is 24.5 Å². The molecule has 1 heterocycles. The van der Waals surface area contributed by atoms with Gasteiger partial charge in [0.2, 0.25) is 0 Å². The Morgan fingerprint density at radius 1 is 1.10 bits per heavy atom. The molecule has 2 aromatic carbocycles. The molecule has 0 saturated heterocycles. The van der Waals surface area contributed by atoms with Crippen LogP contribution in [0.1, 0.15) is 23.6 Å². The first kappa shape index (κ1) is 21.5. The van der Waals surface area contributed by atoms with E-state index in [4.69, 9.17) is 14.2 Å². The second-order valence-electron chi connectivity index (χ2n) is 6.73. The van der Waals surface area contributed by atoms with Crippen molar-refractivity contribution < 1.29 is 14.2 Å². The van der Waals surface area contributed by atoms with E-state index in [1.165, 1.54) is 0 Å². The predicted molar refractivity (Wildman–Crippen MR) is 120 cm³/mol. The summed E-state index contributed by atoms with van der Waals surface area (Å²) in [6.45, 7) is 7.14. The van der Waals surface area contributed by atoms with E-state index in [9.17, 15) is 5.26 Å². The molecule has 1 aliphatic heterocycles. The average molecular weight is 467 g/mol. The molecule has 0 N–H and O–H groups in total. The van der Waals surface area contributed by atoms with E-state index < -0.39 is 0 Å². The number of methoxy groups -OCH3 is 2. The number of allylic oxidation sites excluding steroid dienone is 3. The molecule has 0 radical (unpaired) electrons. The quantitative estimate of drug-likeness (QED) is 0.528. The van der Waals surface area contributed by atoms with Crippen molar-refractivity contribution in [3.8, 4) is 17.6 Å². The first-order chi connectivity index (χ1) is 14.5. The predicted octanol–water partition coefficient (Wildman–Crippen LogP) is 5.63. The largest absolute Gasteiger partial charge is 0.497 e. The van der Waals surface area contributed by atoms with Crippen LogP contribution in [-0.2, 0) is 17.9 Å². The zero-order valence-corrected chi connectivity index (χ0v) is 18.8. The van der Waals surface area contributed by atoms with Gasteiger partial charge in [-0.15, -0.1) is 0 Å². The summed E-state index contributed by atoms with van der Waals surface area (Å²) in [7, 11) is 3.28. The van der Waals surface area contributed by atoms with E-state index in [1.54, 1.807) is 20.3 Å². The van der Waals surface area contributed by atoms with Gasteiger partial charge in [-0.25, -0.2) is 0 Å². The maximum absolute atomic E-state index is 9.26. The molecule has 5 nitrogen and oxygen atoms in total. The monoisotopic (exact) mass is 466 g/mol. The molecular weight excluding hydrogens is 444 g/mol. The highest BCUT2D eigenvalue weighted by atomic mass is 79.9. The maximum Gasteiger partial charge on any atom is 0.137 e. The van der Waals surface area contributed by atoms with Crippen molar-refractivity contribution in [2.45, 2.75) is 20.1 Å². The van der Waals surface area contributed by atoms with Crippen LogP contribution in [0, 0.1) is 11.3 Å². The van der Waals surface area contributed by atoms with Gasteiger partial charge >= 0.3 is 0 Å². The van der Waals surface area contributed by atoms with Crippen LogP contribution in [0.3, 0.4) is 0 Å². The van der Waals surface area contributed by atoms with Crippen LogP contribution in [0.4, 0.5) is 0 Å². The summed E-state index contributed by atoms with van der Waals surface area (Å²) >= 11 is 3.62. The molecule has 0 spiro atoms. The highest BCUT2D eigenvalue weighted by Crippen LogP contribution is 2.36. The summed E-state index contributed by atoms with van der Waals surface area (Å²) in [5.41, 5.74) is 4.24. The van der Waals surface area contributed by atoms with Gasteiger partial charge in [-0.05, 0) is 41.1 Å². The summed E-state index contributed by atoms with van der Waals surface area (Å²) in [6, 6.07) is 15.4. The molecule has 0 bridgehead atoms. The minimum absolute atomic E-state index is 0.303. The van der Waals surface area contributed by atoms with Crippen molar-refractivity contribution in [3.05, 3.63) is 93.4 Å². The van der Waals surface area contributed by atoms with Crippen LogP contribution in [-0.4, -0.2) is 19.1 Å². The third kappa shape index (κ3) is 4.52.